The van der Waals surface area contributed by atoms with Crippen molar-refractivity contribution in [3.63, 3.8) is 0 Å². The molecule has 1 atom stereocenters. The van der Waals surface area contributed by atoms with Gasteiger partial charge in [0.05, 0.1) is 5.69 Å². The van der Waals surface area contributed by atoms with Crippen molar-refractivity contribution in [2.24, 2.45) is 5.92 Å². The summed E-state index contributed by atoms with van der Waals surface area (Å²) in [7, 11) is 0. The minimum atomic E-state index is -0.169. The summed E-state index contributed by atoms with van der Waals surface area (Å²) in [6.07, 6.45) is 3.42. The van der Waals surface area contributed by atoms with Gasteiger partial charge < -0.3 is 10.6 Å². The lowest BCUT2D eigenvalue weighted by molar-refractivity contribution is -0.116. The van der Waals surface area contributed by atoms with Crippen molar-refractivity contribution < 1.29 is 9.59 Å². The molecule has 3 aromatic rings. The maximum atomic E-state index is 12.3. The zero-order valence-corrected chi connectivity index (χ0v) is 16.6. The van der Waals surface area contributed by atoms with Gasteiger partial charge in [0.2, 0.25) is 5.91 Å². The number of amides is 2. The normalized spacial score (nSPS) is 15.8. The molecule has 4 rings (SSSR count). The Bertz CT molecular complexity index is 1030. The van der Waals surface area contributed by atoms with E-state index in [1.54, 1.807) is 17.4 Å². The van der Waals surface area contributed by atoms with Gasteiger partial charge in [0.15, 0.2) is 5.13 Å². The summed E-state index contributed by atoms with van der Waals surface area (Å²) in [6, 6.07) is 13.5. The fourth-order valence-electron chi connectivity index (χ4n) is 3.50. The Labute approximate surface area is 168 Å². The molecule has 1 aromatic heterocycles. The van der Waals surface area contributed by atoms with Crippen molar-refractivity contribution in [2.45, 2.75) is 32.6 Å². The summed E-state index contributed by atoms with van der Waals surface area (Å²) in [4.78, 5) is 30.4. The summed E-state index contributed by atoms with van der Waals surface area (Å²) in [6.45, 7) is 2.54. The molecule has 0 saturated heterocycles. The first kappa shape index (κ1) is 18.6. The number of carbonyl (C=O) groups excluding carboxylic acids is 2. The summed E-state index contributed by atoms with van der Waals surface area (Å²) in [5, 5.41) is 8.48. The van der Waals surface area contributed by atoms with Crippen LogP contribution in [0.1, 0.15) is 40.7 Å². The second kappa shape index (κ2) is 8.10. The Balaban J connectivity index is 1.28. The summed E-state index contributed by atoms with van der Waals surface area (Å²) < 4.78 is 0. The Kier molecular flexibility index (Phi) is 5.39. The fourth-order valence-corrected chi connectivity index (χ4v) is 4.68. The van der Waals surface area contributed by atoms with Gasteiger partial charge in [-0.15, -0.1) is 11.3 Å². The maximum absolute atomic E-state index is 12.3. The van der Waals surface area contributed by atoms with Crippen LogP contribution in [0.15, 0.2) is 42.5 Å². The van der Waals surface area contributed by atoms with Crippen molar-refractivity contribution in [3.05, 3.63) is 58.6 Å². The molecule has 0 fully saturated rings. The highest BCUT2D eigenvalue weighted by atomic mass is 32.1. The van der Waals surface area contributed by atoms with Crippen LogP contribution in [0.3, 0.4) is 0 Å². The zero-order valence-electron chi connectivity index (χ0n) is 15.8. The molecule has 0 radical (unpaired) electrons. The van der Waals surface area contributed by atoms with Crippen LogP contribution in [0.4, 0.5) is 5.13 Å². The van der Waals surface area contributed by atoms with Gasteiger partial charge in [-0.25, -0.2) is 4.98 Å². The van der Waals surface area contributed by atoms with Gasteiger partial charge in [0.1, 0.15) is 0 Å². The summed E-state index contributed by atoms with van der Waals surface area (Å²) >= 11 is 1.57. The molecular weight excluding hydrogens is 370 g/mol. The lowest BCUT2D eigenvalue weighted by Gasteiger charge is -2.15. The van der Waals surface area contributed by atoms with Gasteiger partial charge in [0.25, 0.3) is 5.91 Å². The van der Waals surface area contributed by atoms with Crippen LogP contribution in [-0.2, 0) is 17.6 Å². The molecular formula is C22H23N3O2S. The third kappa shape index (κ3) is 4.22. The van der Waals surface area contributed by atoms with Crippen LogP contribution in [0.25, 0.3) is 10.8 Å². The van der Waals surface area contributed by atoms with Crippen LogP contribution in [0, 0.1) is 5.92 Å². The van der Waals surface area contributed by atoms with E-state index in [1.165, 1.54) is 4.88 Å². The van der Waals surface area contributed by atoms with E-state index in [4.69, 9.17) is 0 Å². The third-order valence-electron chi connectivity index (χ3n) is 5.08. The van der Waals surface area contributed by atoms with Gasteiger partial charge in [-0.3, -0.25) is 9.59 Å². The van der Waals surface area contributed by atoms with Crippen molar-refractivity contribution in [3.8, 4) is 0 Å². The highest BCUT2D eigenvalue weighted by Crippen LogP contribution is 2.32. The number of rotatable bonds is 5. The molecule has 5 nitrogen and oxygen atoms in total. The van der Waals surface area contributed by atoms with Crippen molar-refractivity contribution in [1.29, 1.82) is 0 Å². The molecule has 1 heterocycles. The van der Waals surface area contributed by atoms with E-state index in [9.17, 15) is 9.59 Å². The minimum absolute atomic E-state index is 0.127. The largest absolute Gasteiger partial charge is 0.352 e. The van der Waals surface area contributed by atoms with E-state index in [0.717, 1.165) is 35.7 Å². The van der Waals surface area contributed by atoms with E-state index in [2.05, 4.69) is 22.5 Å². The van der Waals surface area contributed by atoms with Crippen LogP contribution in [-0.4, -0.2) is 23.3 Å². The van der Waals surface area contributed by atoms with Gasteiger partial charge >= 0.3 is 0 Å². The smallest absolute Gasteiger partial charge is 0.251 e. The Hall–Kier alpha value is -2.73. The summed E-state index contributed by atoms with van der Waals surface area (Å²) in [5.74, 6) is 0.386. The molecule has 0 saturated carbocycles. The average Bonchev–Trinajstić information content (AvgIpc) is 3.08. The predicted molar refractivity (Wildman–Crippen MR) is 113 cm³/mol. The quantitative estimate of drug-likeness (QED) is 0.683. The number of aryl methyl sites for hydroxylation is 1. The number of thiazole rings is 1. The van der Waals surface area contributed by atoms with Crippen LogP contribution in [0.5, 0.6) is 0 Å². The molecule has 1 aliphatic rings. The standard InChI is InChI=1S/C22H23N3O2S/c1-14-6-9-18-19(12-14)28-22(24-18)25-20(26)10-11-23-21(27)17-8-7-15-4-2-3-5-16(15)13-17/h2-5,7-8,13-14H,6,9-12H2,1H3,(H,23,27)(H,24,25,26). The number of hydrogen-bond acceptors (Lipinski definition) is 4. The molecule has 2 aromatic carbocycles. The number of carbonyl (C=O) groups is 2. The second-order valence-corrected chi connectivity index (χ2v) is 8.44. The Morgan fingerprint density at radius 2 is 2.00 bits per heavy atom. The second-order valence-electron chi connectivity index (χ2n) is 7.35. The minimum Gasteiger partial charge on any atom is -0.352 e. The van der Waals surface area contributed by atoms with Crippen molar-refractivity contribution in [2.75, 3.05) is 11.9 Å². The van der Waals surface area contributed by atoms with Crippen molar-refractivity contribution in [1.82, 2.24) is 10.3 Å². The molecule has 0 spiro atoms. The average molecular weight is 394 g/mol. The zero-order chi connectivity index (χ0) is 19.5. The van der Waals surface area contributed by atoms with E-state index >= 15 is 0 Å². The third-order valence-corrected chi connectivity index (χ3v) is 6.12. The number of fused-ring (bicyclic) bond motifs is 2. The monoisotopic (exact) mass is 393 g/mol. The maximum Gasteiger partial charge on any atom is 0.251 e. The van der Waals surface area contributed by atoms with E-state index < -0.39 is 0 Å². The summed E-state index contributed by atoms with van der Waals surface area (Å²) in [5.41, 5.74) is 1.73. The van der Waals surface area contributed by atoms with E-state index in [1.807, 2.05) is 36.4 Å². The molecule has 0 bridgehead atoms. The Morgan fingerprint density at radius 3 is 2.86 bits per heavy atom. The number of nitrogens with zero attached hydrogens (tertiary/aromatic N) is 1. The number of anilines is 1. The molecule has 1 unspecified atom stereocenters. The number of hydrogen-bond donors (Lipinski definition) is 2. The van der Waals surface area contributed by atoms with Gasteiger partial charge in [0, 0.05) is 23.4 Å². The van der Waals surface area contributed by atoms with Crippen LogP contribution in [0.2, 0.25) is 0 Å². The molecule has 0 aliphatic heterocycles. The number of aromatic nitrogens is 1. The molecule has 144 valence electrons. The first-order valence-corrected chi connectivity index (χ1v) is 10.5. The van der Waals surface area contributed by atoms with E-state index in [0.29, 0.717) is 23.2 Å². The van der Waals surface area contributed by atoms with E-state index in [-0.39, 0.29) is 18.2 Å². The molecule has 2 N–H and O–H groups in total. The first-order chi connectivity index (χ1) is 13.6. The highest BCUT2D eigenvalue weighted by Gasteiger charge is 2.20. The SMILES string of the molecule is CC1CCc2nc(NC(=O)CCNC(=O)c3ccc4ccccc4c3)sc2C1. The number of nitrogens with one attached hydrogen (secondary N) is 2. The van der Waals surface area contributed by atoms with Crippen molar-refractivity contribution >= 4 is 39.1 Å². The molecule has 2 amide bonds. The molecule has 28 heavy (non-hydrogen) atoms. The topological polar surface area (TPSA) is 71.1 Å². The molecule has 6 heteroatoms. The van der Waals surface area contributed by atoms with Crippen LogP contribution >= 0.6 is 11.3 Å². The number of benzene rings is 2. The fraction of sp³-hybridized carbons (Fsp3) is 0.318. The highest BCUT2D eigenvalue weighted by molar-refractivity contribution is 7.15. The predicted octanol–water partition coefficient (Wildman–Crippen LogP) is 4.18. The lowest BCUT2D eigenvalue weighted by Crippen LogP contribution is -2.27. The Morgan fingerprint density at radius 1 is 1.18 bits per heavy atom. The van der Waals surface area contributed by atoms with Gasteiger partial charge in [-0.2, -0.15) is 0 Å². The lowest BCUT2D eigenvalue weighted by atomic mass is 9.93. The van der Waals surface area contributed by atoms with Crippen LogP contribution < -0.4 is 10.6 Å². The van der Waals surface area contributed by atoms with Gasteiger partial charge in [-0.1, -0.05) is 37.3 Å². The molecule has 1 aliphatic carbocycles. The first-order valence-electron chi connectivity index (χ1n) is 9.64. The van der Waals surface area contributed by atoms with Gasteiger partial charge in [-0.05, 0) is 48.1 Å².